The molecule has 0 spiro atoms. The number of fused-ring (bicyclic) bond motifs is 1. The van der Waals surface area contributed by atoms with Crippen molar-refractivity contribution in [2.75, 3.05) is 24.3 Å². The van der Waals surface area contributed by atoms with Gasteiger partial charge in [-0.05, 0) is 29.8 Å². The van der Waals surface area contributed by atoms with Crippen LogP contribution in [0.4, 0.5) is 11.4 Å². The van der Waals surface area contributed by atoms with Crippen molar-refractivity contribution in [2.24, 2.45) is 0 Å². The van der Waals surface area contributed by atoms with Crippen LogP contribution in [0.15, 0.2) is 86.9 Å². The summed E-state index contributed by atoms with van der Waals surface area (Å²) in [4.78, 5) is 12.7. The number of hydrogen-bond donors (Lipinski definition) is 2. The minimum absolute atomic E-state index is 0.104. The molecule has 2 N–H and O–H groups in total. The summed E-state index contributed by atoms with van der Waals surface area (Å²) in [5.74, 6) is 0.427. The third kappa shape index (κ3) is 4.63. The first-order valence-electron chi connectivity index (χ1n) is 10.0. The number of nitrogens with one attached hydrogen (secondary N) is 2. The van der Waals surface area contributed by atoms with E-state index in [1.165, 1.54) is 26.4 Å². The Labute approximate surface area is 190 Å². The molecule has 9 heteroatoms. The smallest absolute Gasteiger partial charge is 0.363 e. The summed E-state index contributed by atoms with van der Waals surface area (Å²) >= 11 is 0. The lowest BCUT2D eigenvalue weighted by molar-refractivity contribution is 0.392. The van der Waals surface area contributed by atoms with E-state index in [1.807, 2.05) is 30.3 Å². The SMILES string of the molecule is COc1ccc(OC)c(S(=O)(=O)Nc2c(NCc3ccccc3)c3ccccc3oc2=O)c1. The van der Waals surface area contributed by atoms with E-state index in [-0.39, 0.29) is 16.3 Å². The molecule has 4 rings (SSSR count). The topological polar surface area (TPSA) is 107 Å². The van der Waals surface area contributed by atoms with Gasteiger partial charge in [-0.15, -0.1) is 0 Å². The van der Waals surface area contributed by atoms with Gasteiger partial charge >= 0.3 is 5.63 Å². The molecule has 3 aromatic carbocycles. The highest BCUT2D eigenvalue weighted by Crippen LogP contribution is 2.33. The molecule has 0 amide bonds. The van der Waals surface area contributed by atoms with Crippen LogP contribution in [0.2, 0.25) is 0 Å². The summed E-state index contributed by atoms with van der Waals surface area (Å²) in [5, 5.41) is 3.75. The van der Waals surface area contributed by atoms with Gasteiger partial charge in [0.15, 0.2) is 5.69 Å². The Morgan fingerprint density at radius 3 is 2.33 bits per heavy atom. The molecule has 0 unspecified atom stereocenters. The van der Waals surface area contributed by atoms with E-state index in [9.17, 15) is 13.2 Å². The van der Waals surface area contributed by atoms with Gasteiger partial charge in [0.2, 0.25) is 0 Å². The van der Waals surface area contributed by atoms with Gasteiger partial charge < -0.3 is 19.2 Å². The molecule has 0 aliphatic carbocycles. The van der Waals surface area contributed by atoms with Gasteiger partial charge in [-0.25, -0.2) is 13.2 Å². The lowest BCUT2D eigenvalue weighted by atomic mass is 10.1. The Hall–Kier alpha value is -3.98. The van der Waals surface area contributed by atoms with E-state index in [0.29, 0.717) is 29.0 Å². The Bertz CT molecular complexity index is 1450. The van der Waals surface area contributed by atoms with Crippen molar-refractivity contribution >= 4 is 32.4 Å². The van der Waals surface area contributed by atoms with E-state index in [4.69, 9.17) is 13.9 Å². The van der Waals surface area contributed by atoms with E-state index >= 15 is 0 Å². The zero-order valence-corrected chi connectivity index (χ0v) is 18.8. The van der Waals surface area contributed by atoms with Gasteiger partial charge in [-0.1, -0.05) is 42.5 Å². The second-order valence-electron chi connectivity index (χ2n) is 7.10. The zero-order valence-electron chi connectivity index (χ0n) is 18.0. The van der Waals surface area contributed by atoms with Crippen molar-refractivity contribution in [2.45, 2.75) is 11.4 Å². The van der Waals surface area contributed by atoms with E-state index in [0.717, 1.165) is 5.56 Å². The van der Waals surface area contributed by atoms with Gasteiger partial charge in [0, 0.05) is 18.0 Å². The summed E-state index contributed by atoms with van der Waals surface area (Å²) in [6, 6.07) is 20.8. The van der Waals surface area contributed by atoms with Crippen molar-refractivity contribution in [1.82, 2.24) is 0 Å². The number of sulfonamides is 1. The molecule has 0 fully saturated rings. The molecule has 1 heterocycles. The second-order valence-corrected chi connectivity index (χ2v) is 8.75. The molecule has 33 heavy (non-hydrogen) atoms. The van der Waals surface area contributed by atoms with Crippen LogP contribution in [0.5, 0.6) is 11.5 Å². The first-order chi connectivity index (χ1) is 15.9. The van der Waals surface area contributed by atoms with Crippen LogP contribution >= 0.6 is 0 Å². The fraction of sp³-hybridized carbons (Fsp3) is 0.125. The normalized spacial score (nSPS) is 11.2. The number of hydrogen-bond acceptors (Lipinski definition) is 7. The van der Waals surface area contributed by atoms with Crippen molar-refractivity contribution < 1.29 is 22.3 Å². The monoisotopic (exact) mass is 466 g/mol. The predicted molar refractivity (Wildman–Crippen MR) is 127 cm³/mol. The van der Waals surface area contributed by atoms with Gasteiger partial charge in [-0.2, -0.15) is 0 Å². The highest BCUT2D eigenvalue weighted by molar-refractivity contribution is 7.92. The summed E-state index contributed by atoms with van der Waals surface area (Å²) < 4.78 is 44.8. The average molecular weight is 467 g/mol. The lowest BCUT2D eigenvalue weighted by Gasteiger charge is -2.16. The van der Waals surface area contributed by atoms with Crippen molar-refractivity contribution in [3.8, 4) is 11.5 Å². The minimum atomic E-state index is -4.24. The van der Waals surface area contributed by atoms with Crippen LogP contribution < -0.4 is 25.1 Å². The zero-order chi connectivity index (χ0) is 23.4. The predicted octanol–water partition coefficient (Wildman–Crippen LogP) is 4.22. The van der Waals surface area contributed by atoms with Crippen molar-refractivity contribution in [3.63, 3.8) is 0 Å². The number of anilines is 2. The molecule has 8 nitrogen and oxygen atoms in total. The fourth-order valence-electron chi connectivity index (χ4n) is 3.40. The average Bonchev–Trinajstić information content (AvgIpc) is 2.84. The number of ether oxygens (including phenoxy) is 2. The number of methoxy groups -OCH3 is 2. The molecule has 0 bridgehead atoms. The molecular weight excluding hydrogens is 444 g/mol. The van der Waals surface area contributed by atoms with E-state index in [2.05, 4.69) is 10.0 Å². The van der Waals surface area contributed by atoms with Crippen LogP contribution in [0, 0.1) is 0 Å². The summed E-state index contributed by atoms with van der Waals surface area (Å²) in [6.07, 6.45) is 0. The lowest BCUT2D eigenvalue weighted by Crippen LogP contribution is -2.21. The van der Waals surface area contributed by atoms with Gasteiger partial charge in [-0.3, -0.25) is 4.72 Å². The Morgan fingerprint density at radius 1 is 0.879 bits per heavy atom. The second kappa shape index (κ2) is 9.25. The Balaban J connectivity index is 1.82. The molecular formula is C24H22N2O6S. The molecule has 0 saturated carbocycles. The van der Waals surface area contributed by atoms with Crippen LogP contribution in [-0.4, -0.2) is 22.6 Å². The van der Waals surface area contributed by atoms with Crippen LogP contribution in [-0.2, 0) is 16.6 Å². The summed E-state index contributed by atoms with van der Waals surface area (Å²) in [5.41, 5.74) is 0.554. The first-order valence-corrected chi connectivity index (χ1v) is 11.5. The quantitative estimate of drug-likeness (QED) is 0.374. The molecule has 0 radical (unpaired) electrons. The molecule has 0 aliphatic heterocycles. The van der Waals surface area contributed by atoms with E-state index < -0.39 is 15.6 Å². The largest absolute Gasteiger partial charge is 0.497 e. The fourth-order valence-corrected chi connectivity index (χ4v) is 4.65. The summed E-state index contributed by atoms with van der Waals surface area (Å²) in [6.45, 7) is 0.367. The molecule has 0 aliphatic rings. The van der Waals surface area contributed by atoms with E-state index in [1.54, 1.807) is 30.3 Å². The van der Waals surface area contributed by atoms with Crippen molar-refractivity contribution in [1.29, 1.82) is 0 Å². The molecule has 0 atom stereocenters. The maximum absolute atomic E-state index is 13.3. The Kier molecular flexibility index (Phi) is 6.23. The number of para-hydroxylation sites is 1. The standard InChI is InChI=1S/C24H22N2O6S/c1-30-17-12-13-20(31-2)21(14-17)33(28,29)26-23-22(25-15-16-8-4-3-5-9-16)18-10-6-7-11-19(18)32-24(23)27/h3-14,25-26H,15H2,1-2H3. The Morgan fingerprint density at radius 2 is 1.61 bits per heavy atom. The molecule has 0 saturated heterocycles. The van der Waals surface area contributed by atoms with Crippen molar-refractivity contribution in [3.05, 3.63) is 88.8 Å². The van der Waals surface area contributed by atoms with Gasteiger partial charge in [0.05, 0.1) is 19.9 Å². The maximum Gasteiger partial charge on any atom is 0.363 e. The third-order valence-corrected chi connectivity index (χ3v) is 6.39. The first kappa shape index (κ1) is 22.2. The van der Waals surface area contributed by atoms with Gasteiger partial charge in [0.1, 0.15) is 22.0 Å². The third-order valence-electron chi connectivity index (χ3n) is 5.02. The summed E-state index contributed by atoms with van der Waals surface area (Å²) in [7, 11) is -1.46. The van der Waals surface area contributed by atoms with Crippen LogP contribution in [0.25, 0.3) is 11.0 Å². The van der Waals surface area contributed by atoms with Crippen LogP contribution in [0.1, 0.15) is 5.56 Å². The van der Waals surface area contributed by atoms with Gasteiger partial charge in [0.25, 0.3) is 10.0 Å². The number of rotatable bonds is 8. The maximum atomic E-state index is 13.3. The molecule has 1 aromatic heterocycles. The number of benzene rings is 3. The highest BCUT2D eigenvalue weighted by atomic mass is 32.2. The minimum Gasteiger partial charge on any atom is -0.497 e. The highest BCUT2D eigenvalue weighted by Gasteiger charge is 2.25. The van der Waals surface area contributed by atoms with Crippen LogP contribution in [0.3, 0.4) is 0 Å². The molecule has 4 aromatic rings. The molecule has 170 valence electrons.